The molecule has 0 fully saturated rings. The van der Waals surface area contributed by atoms with Crippen LogP contribution in [-0.2, 0) is 6.54 Å². The summed E-state index contributed by atoms with van der Waals surface area (Å²) in [5.41, 5.74) is 1.09. The number of guanidine groups is 1. The summed E-state index contributed by atoms with van der Waals surface area (Å²) in [6, 6.07) is 12.7. The molecule has 0 aliphatic carbocycles. The van der Waals surface area contributed by atoms with Crippen LogP contribution in [0.4, 0.5) is 0 Å². The molecule has 0 saturated carbocycles. The van der Waals surface area contributed by atoms with Crippen molar-refractivity contribution in [3.8, 4) is 5.75 Å². The van der Waals surface area contributed by atoms with Crippen LogP contribution in [0.15, 0.2) is 46.8 Å². The molecule has 2 aromatic rings. The van der Waals surface area contributed by atoms with Crippen molar-refractivity contribution in [2.75, 3.05) is 33.8 Å². The van der Waals surface area contributed by atoms with Gasteiger partial charge in [-0.25, -0.2) is 4.99 Å². The summed E-state index contributed by atoms with van der Waals surface area (Å²) in [4.78, 5) is 8.31. The molecule has 0 amide bonds. The fourth-order valence-corrected chi connectivity index (χ4v) is 3.57. The van der Waals surface area contributed by atoms with E-state index in [4.69, 9.17) is 9.73 Å². The maximum absolute atomic E-state index is 5.69. The topological polar surface area (TPSA) is 48.9 Å². The molecule has 1 aromatic carbocycles. The van der Waals surface area contributed by atoms with Gasteiger partial charge in [-0.1, -0.05) is 24.3 Å². The number of nitrogens with one attached hydrogen (secondary N) is 2. The van der Waals surface area contributed by atoms with E-state index in [1.807, 2.05) is 25.1 Å². The van der Waals surface area contributed by atoms with Gasteiger partial charge in [0.1, 0.15) is 5.75 Å². The van der Waals surface area contributed by atoms with Crippen LogP contribution in [-0.4, -0.2) is 44.7 Å². The van der Waals surface area contributed by atoms with E-state index >= 15 is 0 Å². The van der Waals surface area contributed by atoms with E-state index in [1.54, 1.807) is 11.3 Å². The van der Waals surface area contributed by atoms with Crippen molar-refractivity contribution in [2.45, 2.75) is 26.4 Å². The molecule has 0 spiro atoms. The van der Waals surface area contributed by atoms with E-state index in [0.29, 0.717) is 19.2 Å². The number of nitrogens with zero attached hydrogens (tertiary/aromatic N) is 2. The number of halogens is 1. The van der Waals surface area contributed by atoms with Gasteiger partial charge in [0.05, 0.1) is 19.2 Å². The van der Waals surface area contributed by atoms with E-state index in [2.05, 4.69) is 60.1 Å². The number of rotatable bonds is 9. The van der Waals surface area contributed by atoms with Gasteiger partial charge in [-0.15, -0.1) is 35.3 Å². The van der Waals surface area contributed by atoms with Crippen LogP contribution >= 0.6 is 35.3 Å². The molecule has 2 rings (SSSR count). The van der Waals surface area contributed by atoms with Gasteiger partial charge in [0.15, 0.2) is 5.96 Å². The average molecular weight is 502 g/mol. The molecule has 5 nitrogen and oxygen atoms in total. The lowest BCUT2D eigenvalue weighted by atomic mass is 10.2. The number of para-hydroxylation sites is 1. The summed E-state index contributed by atoms with van der Waals surface area (Å²) in [6.07, 6.45) is 0. The molecule has 2 N–H and O–H groups in total. The Kier molecular flexibility index (Phi) is 11.4. The third kappa shape index (κ3) is 7.67. The normalized spacial score (nSPS) is 12.4. The van der Waals surface area contributed by atoms with E-state index in [9.17, 15) is 0 Å². The van der Waals surface area contributed by atoms with Gasteiger partial charge >= 0.3 is 0 Å². The quantitative estimate of drug-likeness (QED) is 0.308. The molecule has 1 aromatic heterocycles. The molecule has 7 heteroatoms. The molecule has 0 radical (unpaired) electrons. The molecule has 0 bridgehead atoms. The van der Waals surface area contributed by atoms with Crippen molar-refractivity contribution >= 4 is 41.3 Å². The SMILES string of the molecule is CCNC(=NCc1ccccc1OCC)NCC(c1cccs1)N(C)C.I. The van der Waals surface area contributed by atoms with Crippen LogP contribution in [0.5, 0.6) is 5.75 Å². The average Bonchev–Trinajstić information content (AvgIpc) is 3.15. The molecule has 1 unspecified atom stereocenters. The first-order valence-electron chi connectivity index (χ1n) is 9.08. The number of benzene rings is 1. The summed E-state index contributed by atoms with van der Waals surface area (Å²) < 4.78 is 5.69. The van der Waals surface area contributed by atoms with Crippen molar-refractivity contribution < 1.29 is 4.74 Å². The predicted molar refractivity (Wildman–Crippen MR) is 127 cm³/mol. The first kappa shape index (κ1) is 23.7. The van der Waals surface area contributed by atoms with E-state index in [-0.39, 0.29) is 24.0 Å². The van der Waals surface area contributed by atoms with Gasteiger partial charge in [0.25, 0.3) is 0 Å². The minimum absolute atomic E-state index is 0. The highest BCUT2D eigenvalue weighted by Crippen LogP contribution is 2.22. The number of thiophene rings is 1. The molecule has 27 heavy (non-hydrogen) atoms. The van der Waals surface area contributed by atoms with Crippen LogP contribution in [0.2, 0.25) is 0 Å². The van der Waals surface area contributed by atoms with Gasteiger partial charge in [0.2, 0.25) is 0 Å². The maximum atomic E-state index is 5.69. The number of hydrogen-bond acceptors (Lipinski definition) is 4. The summed E-state index contributed by atoms with van der Waals surface area (Å²) in [5, 5.41) is 8.92. The van der Waals surface area contributed by atoms with E-state index < -0.39 is 0 Å². The van der Waals surface area contributed by atoms with Crippen molar-refractivity contribution in [1.82, 2.24) is 15.5 Å². The van der Waals surface area contributed by atoms with Crippen molar-refractivity contribution in [2.24, 2.45) is 4.99 Å². The summed E-state index contributed by atoms with van der Waals surface area (Å²) in [6.45, 7) is 6.93. The van der Waals surface area contributed by atoms with Gasteiger partial charge in [-0.2, -0.15) is 0 Å². The summed E-state index contributed by atoms with van der Waals surface area (Å²) >= 11 is 1.78. The van der Waals surface area contributed by atoms with Crippen LogP contribution in [0.25, 0.3) is 0 Å². The van der Waals surface area contributed by atoms with E-state index in [0.717, 1.165) is 30.4 Å². The third-order valence-corrected chi connectivity index (χ3v) is 4.96. The first-order valence-corrected chi connectivity index (χ1v) is 9.96. The Morgan fingerprint density at radius 1 is 1.15 bits per heavy atom. The molecular weight excluding hydrogens is 471 g/mol. The first-order chi connectivity index (χ1) is 12.7. The zero-order valence-corrected chi connectivity index (χ0v) is 19.7. The summed E-state index contributed by atoms with van der Waals surface area (Å²) in [5.74, 6) is 1.72. The highest BCUT2D eigenvalue weighted by molar-refractivity contribution is 14.0. The third-order valence-electron chi connectivity index (χ3n) is 3.98. The van der Waals surface area contributed by atoms with Gasteiger partial charge in [0, 0.05) is 23.5 Å². The second-order valence-electron chi connectivity index (χ2n) is 6.11. The zero-order valence-electron chi connectivity index (χ0n) is 16.6. The second-order valence-corrected chi connectivity index (χ2v) is 7.09. The highest BCUT2D eigenvalue weighted by Gasteiger charge is 2.15. The Bertz CT molecular complexity index is 676. The molecular formula is C20H31IN4OS. The molecule has 1 heterocycles. The lowest BCUT2D eigenvalue weighted by Crippen LogP contribution is -2.41. The second kappa shape index (κ2) is 13.0. The van der Waals surface area contributed by atoms with E-state index in [1.165, 1.54) is 4.88 Å². The van der Waals surface area contributed by atoms with Crippen LogP contribution in [0.1, 0.15) is 30.3 Å². The smallest absolute Gasteiger partial charge is 0.191 e. The summed E-state index contributed by atoms with van der Waals surface area (Å²) in [7, 11) is 4.21. The number of aliphatic imine (C=N–C) groups is 1. The fraction of sp³-hybridized carbons (Fsp3) is 0.450. The zero-order chi connectivity index (χ0) is 18.8. The number of likely N-dealkylation sites (N-methyl/N-ethyl adjacent to an activating group) is 1. The number of hydrogen-bond donors (Lipinski definition) is 2. The van der Waals surface area contributed by atoms with Crippen LogP contribution in [0.3, 0.4) is 0 Å². The van der Waals surface area contributed by atoms with Gasteiger partial charge in [-0.05, 0) is 45.5 Å². The Hall–Kier alpha value is -1.32. The molecule has 0 aliphatic heterocycles. The number of ether oxygens (including phenoxy) is 1. The standard InChI is InChI=1S/C20H30N4OS.HI/c1-5-21-20(22-14-16-10-7-8-11-18(16)25-6-2)23-15-17(24(3)4)19-12-9-13-26-19;/h7-13,17H,5-6,14-15H2,1-4H3,(H2,21,22,23);1H. The van der Waals surface area contributed by atoms with Crippen LogP contribution in [0, 0.1) is 0 Å². The molecule has 0 saturated heterocycles. The minimum atomic E-state index is 0. The monoisotopic (exact) mass is 502 g/mol. The lowest BCUT2D eigenvalue weighted by Gasteiger charge is -2.24. The van der Waals surface area contributed by atoms with Crippen molar-refractivity contribution in [3.63, 3.8) is 0 Å². The van der Waals surface area contributed by atoms with Gasteiger partial charge < -0.3 is 20.3 Å². The Morgan fingerprint density at radius 2 is 1.93 bits per heavy atom. The van der Waals surface area contributed by atoms with Crippen LogP contribution < -0.4 is 15.4 Å². The predicted octanol–water partition coefficient (Wildman–Crippen LogP) is 4.12. The molecule has 1 atom stereocenters. The Labute approximate surface area is 184 Å². The molecule has 150 valence electrons. The largest absolute Gasteiger partial charge is 0.494 e. The Balaban J connectivity index is 0.00000364. The van der Waals surface area contributed by atoms with Crippen molar-refractivity contribution in [3.05, 3.63) is 52.2 Å². The molecule has 0 aliphatic rings. The van der Waals surface area contributed by atoms with Gasteiger partial charge in [-0.3, -0.25) is 0 Å². The minimum Gasteiger partial charge on any atom is -0.494 e. The highest BCUT2D eigenvalue weighted by atomic mass is 127. The van der Waals surface area contributed by atoms with Crippen molar-refractivity contribution in [1.29, 1.82) is 0 Å². The Morgan fingerprint density at radius 3 is 2.56 bits per heavy atom. The maximum Gasteiger partial charge on any atom is 0.191 e. The fourth-order valence-electron chi connectivity index (χ4n) is 2.65. The lowest BCUT2D eigenvalue weighted by molar-refractivity contribution is 0.302.